The average molecular weight is 723 g/mol. The molecule has 0 bridgehead atoms. The molecule has 3 heterocycles. The molecule has 1 aliphatic carbocycles. The zero-order chi connectivity index (χ0) is 27.6. The first-order valence-corrected chi connectivity index (χ1v) is 14.4. The van der Waals surface area contributed by atoms with Gasteiger partial charge in [0.25, 0.3) is 0 Å². The second kappa shape index (κ2) is 12.4. The van der Waals surface area contributed by atoms with Gasteiger partial charge < -0.3 is 14.4 Å². The van der Waals surface area contributed by atoms with Gasteiger partial charge in [0.2, 0.25) is 0 Å². The van der Waals surface area contributed by atoms with Crippen LogP contribution in [0.1, 0.15) is 42.7 Å². The van der Waals surface area contributed by atoms with E-state index >= 15 is 0 Å². The number of fused-ring (bicyclic) bond motifs is 4. The summed E-state index contributed by atoms with van der Waals surface area (Å²) in [6.07, 6.45) is 9.04. The molecule has 8 rings (SSSR count). The van der Waals surface area contributed by atoms with Gasteiger partial charge in [-0.25, -0.2) is 0 Å². The minimum Gasteiger partial charge on any atom is -0.501 e. The topological polar surface area (TPSA) is 38.9 Å². The number of nitrogens with zero attached hydrogens (tertiary/aromatic N) is 2. The average Bonchev–Trinajstić information content (AvgIpc) is 3.72. The van der Waals surface area contributed by atoms with Gasteiger partial charge >= 0.3 is 0 Å². The Hall–Kier alpha value is -4.11. The summed E-state index contributed by atoms with van der Waals surface area (Å²) >= 11 is 0. The number of benzene rings is 4. The minimum atomic E-state index is 0. The molecule has 0 amide bonds. The van der Waals surface area contributed by atoms with Crippen molar-refractivity contribution in [1.29, 1.82) is 0 Å². The third kappa shape index (κ3) is 5.41. The van der Waals surface area contributed by atoms with Crippen LogP contribution in [-0.4, -0.2) is 9.97 Å². The van der Waals surface area contributed by atoms with Crippen LogP contribution < -0.4 is 0 Å². The molecule has 4 heteroatoms. The fourth-order valence-corrected chi connectivity index (χ4v) is 6.09. The Kier molecular flexibility index (Phi) is 8.28. The molecule has 0 spiro atoms. The molecule has 0 atom stereocenters. The largest absolute Gasteiger partial charge is 0.501 e. The van der Waals surface area contributed by atoms with E-state index in [1.807, 2.05) is 60.8 Å². The van der Waals surface area contributed by atoms with Crippen molar-refractivity contribution in [3.05, 3.63) is 133 Å². The van der Waals surface area contributed by atoms with Gasteiger partial charge in [0.1, 0.15) is 5.58 Å². The number of aryl methyl sites for hydroxylation is 1. The monoisotopic (exact) mass is 723 g/mol. The maximum atomic E-state index is 6.30. The van der Waals surface area contributed by atoms with E-state index in [-0.39, 0.29) is 20.1 Å². The quantitative estimate of drug-likeness (QED) is 0.171. The minimum absolute atomic E-state index is 0. The van der Waals surface area contributed by atoms with Crippen LogP contribution in [0.5, 0.6) is 0 Å². The van der Waals surface area contributed by atoms with Crippen molar-refractivity contribution in [2.75, 3.05) is 0 Å². The van der Waals surface area contributed by atoms with E-state index in [2.05, 4.69) is 66.5 Å². The Morgan fingerprint density at radius 3 is 2.43 bits per heavy atom. The molecule has 3 aromatic heterocycles. The van der Waals surface area contributed by atoms with E-state index < -0.39 is 0 Å². The Balaban J connectivity index is 0.000000205. The molecule has 209 valence electrons. The van der Waals surface area contributed by atoms with E-state index in [0.717, 1.165) is 49.8 Å². The third-order valence-electron chi connectivity index (χ3n) is 8.15. The molecule has 4 aromatic carbocycles. The third-order valence-corrected chi connectivity index (χ3v) is 8.15. The van der Waals surface area contributed by atoms with Gasteiger partial charge in [0, 0.05) is 37.9 Å². The molecule has 1 fully saturated rings. The number of pyridine rings is 2. The molecule has 1 saturated carbocycles. The van der Waals surface area contributed by atoms with Crippen molar-refractivity contribution in [2.24, 2.45) is 0 Å². The molecule has 1 aliphatic rings. The van der Waals surface area contributed by atoms with Crippen LogP contribution in [-0.2, 0) is 20.1 Å². The fourth-order valence-electron chi connectivity index (χ4n) is 6.09. The molecule has 0 saturated heterocycles. The molecule has 3 nitrogen and oxygen atoms in total. The second-order valence-electron chi connectivity index (χ2n) is 10.8. The van der Waals surface area contributed by atoms with Crippen molar-refractivity contribution in [1.82, 2.24) is 9.97 Å². The SMILES string of the molecule is Cc1c[c-]c(-c2nccc3cc(C4CCCC4)ccc23)c2oc3ccccc3c12.[Ir].[c-]1ccccc1-c1ccccn1. The fraction of sp³-hybridized carbons (Fsp3) is 0.158. The summed E-state index contributed by atoms with van der Waals surface area (Å²) in [6.45, 7) is 2.12. The molecule has 0 unspecified atom stereocenters. The second-order valence-corrected chi connectivity index (χ2v) is 10.8. The summed E-state index contributed by atoms with van der Waals surface area (Å²) in [5.74, 6) is 0.712. The van der Waals surface area contributed by atoms with Crippen molar-refractivity contribution < 1.29 is 24.5 Å². The number of rotatable bonds is 3. The molecule has 42 heavy (non-hydrogen) atoms. The number of aromatic nitrogens is 2. The van der Waals surface area contributed by atoms with Crippen LogP contribution >= 0.6 is 0 Å². The summed E-state index contributed by atoms with van der Waals surface area (Å²) in [6, 6.07) is 39.6. The van der Waals surface area contributed by atoms with E-state index in [1.165, 1.54) is 42.2 Å². The summed E-state index contributed by atoms with van der Waals surface area (Å²) in [7, 11) is 0. The Labute approximate surface area is 260 Å². The maximum absolute atomic E-state index is 6.30. The zero-order valence-corrected chi connectivity index (χ0v) is 25.8. The smallest absolute Gasteiger partial charge is 0.120 e. The number of hydrogen-bond acceptors (Lipinski definition) is 3. The first-order chi connectivity index (χ1) is 20.3. The van der Waals surface area contributed by atoms with Crippen molar-refractivity contribution in [3.8, 4) is 22.5 Å². The molecule has 0 aliphatic heterocycles. The molecule has 7 aromatic rings. The van der Waals surface area contributed by atoms with Gasteiger partial charge in [-0.2, -0.15) is 0 Å². The van der Waals surface area contributed by atoms with Crippen LogP contribution in [0.25, 0.3) is 55.2 Å². The van der Waals surface area contributed by atoms with E-state index in [4.69, 9.17) is 9.40 Å². The summed E-state index contributed by atoms with van der Waals surface area (Å²) in [4.78, 5) is 8.98. The number of furan rings is 1. The first kappa shape index (κ1) is 28.0. The van der Waals surface area contributed by atoms with Crippen LogP contribution in [0, 0.1) is 19.1 Å². The van der Waals surface area contributed by atoms with Crippen molar-refractivity contribution >= 4 is 32.7 Å². The summed E-state index contributed by atoms with van der Waals surface area (Å²) in [5.41, 5.74) is 8.34. The summed E-state index contributed by atoms with van der Waals surface area (Å²) < 4.78 is 6.30. The maximum Gasteiger partial charge on any atom is 0.120 e. The summed E-state index contributed by atoms with van der Waals surface area (Å²) in [5, 5.41) is 4.73. The van der Waals surface area contributed by atoms with E-state index in [1.54, 1.807) is 6.20 Å². The van der Waals surface area contributed by atoms with Crippen LogP contribution in [0.4, 0.5) is 0 Å². The first-order valence-electron chi connectivity index (χ1n) is 14.4. The molecular weight excluding hydrogens is 693 g/mol. The molecule has 0 N–H and O–H groups in total. The van der Waals surface area contributed by atoms with Gasteiger partial charge in [-0.1, -0.05) is 79.2 Å². The van der Waals surface area contributed by atoms with Gasteiger partial charge in [0.05, 0.1) is 5.58 Å². The van der Waals surface area contributed by atoms with Crippen molar-refractivity contribution in [2.45, 2.75) is 38.5 Å². The van der Waals surface area contributed by atoms with Crippen molar-refractivity contribution in [3.63, 3.8) is 0 Å². The van der Waals surface area contributed by atoms with Crippen LogP contribution in [0.15, 0.2) is 114 Å². The normalized spacial score (nSPS) is 13.2. The Morgan fingerprint density at radius 1 is 0.786 bits per heavy atom. The predicted octanol–water partition coefficient (Wildman–Crippen LogP) is 10.1. The zero-order valence-electron chi connectivity index (χ0n) is 23.4. The Bertz CT molecular complexity index is 1920. The van der Waals surface area contributed by atoms with Gasteiger partial charge in [-0.15, -0.1) is 53.6 Å². The molecular formula is C38H30IrN2O-2. The molecule has 1 radical (unpaired) electrons. The predicted molar refractivity (Wildman–Crippen MR) is 168 cm³/mol. The number of hydrogen-bond donors (Lipinski definition) is 0. The van der Waals surface area contributed by atoms with Crippen LogP contribution in [0.3, 0.4) is 0 Å². The van der Waals surface area contributed by atoms with E-state index in [0.29, 0.717) is 5.92 Å². The Morgan fingerprint density at radius 2 is 1.62 bits per heavy atom. The van der Waals surface area contributed by atoms with Gasteiger partial charge in [-0.3, -0.25) is 0 Å². The standard InChI is InChI=1S/C27H22NO.C11H8N.Ir/c1-17-10-12-23(27-25(17)22-8-4-5-9-24(22)29-27)26-21-13-11-19(18-6-2-3-7-18)16-20(21)14-15-28-26;1-2-6-10(7-3-1)11-8-4-5-9-12-11;/h4-5,8-11,13-16,18H,2-3,6-7H2,1H3;1-6,8-9H;/q2*-1;. The van der Waals surface area contributed by atoms with Gasteiger partial charge in [0.15, 0.2) is 0 Å². The van der Waals surface area contributed by atoms with Crippen LogP contribution in [0.2, 0.25) is 0 Å². The van der Waals surface area contributed by atoms with E-state index in [9.17, 15) is 0 Å². The number of para-hydroxylation sites is 1. The van der Waals surface area contributed by atoms with Gasteiger partial charge in [-0.05, 0) is 64.7 Å².